The molecule has 0 bridgehead atoms. The van der Waals surface area contributed by atoms with E-state index in [4.69, 9.17) is 4.98 Å². The fourth-order valence-electron chi connectivity index (χ4n) is 3.66. The first-order valence-corrected chi connectivity index (χ1v) is 9.46. The molecule has 0 spiro atoms. The van der Waals surface area contributed by atoms with E-state index in [0.29, 0.717) is 17.9 Å². The zero-order valence-electron chi connectivity index (χ0n) is 15.9. The third-order valence-corrected chi connectivity index (χ3v) is 5.02. The van der Waals surface area contributed by atoms with Crippen LogP contribution in [0.1, 0.15) is 60.5 Å². The molecule has 6 nitrogen and oxygen atoms in total. The van der Waals surface area contributed by atoms with Crippen molar-refractivity contribution in [3.63, 3.8) is 0 Å². The summed E-state index contributed by atoms with van der Waals surface area (Å²) in [5.74, 6) is 1.40. The van der Waals surface area contributed by atoms with Crippen LogP contribution in [0.2, 0.25) is 0 Å². The Hall–Kier alpha value is -3.09. The molecule has 0 radical (unpaired) electrons. The molecular formula is C21H22FN5O. The first-order chi connectivity index (χ1) is 13.5. The normalized spacial score (nSPS) is 16.7. The van der Waals surface area contributed by atoms with Gasteiger partial charge in [0.05, 0.1) is 24.1 Å². The van der Waals surface area contributed by atoms with E-state index in [1.54, 1.807) is 23.5 Å². The lowest BCUT2D eigenvalue weighted by Gasteiger charge is -2.24. The van der Waals surface area contributed by atoms with Gasteiger partial charge in [0.2, 0.25) is 0 Å². The molecule has 1 fully saturated rings. The predicted octanol–water partition coefficient (Wildman–Crippen LogP) is 3.90. The van der Waals surface area contributed by atoms with Crippen LogP contribution in [0.5, 0.6) is 0 Å². The molecule has 28 heavy (non-hydrogen) atoms. The summed E-state index contributed by atoms with van der Waals surface area (Å²) in [5, 5.41) is 0. The number of halogens is 1. The zero-order valence-corrected chi connectivity index (χ0v) is 15.9. The van der Waals surface area contributed by atoms with Gasteiger partial charge in [-0.3, -0.25) is 14.3 Å². The lowest BCUT2D eigenvalue weighted by Crippen LogP contribution is -2.31. The Bertz CT molecular complexity index is 982. The van der Waals surface area contributed by atoms with E-state index in [-0.39, 0.29) is 23.7 Å². The Labute approximate surface area is 163 Å². The average Bonchev–Trinajstić information content (AvgIpc) is 3.38. The molecular weight excluding hydrogens is 357 g/mol. The highest BCUT2D eigenvalue weighted by Gasteiger charge is 2.32. The van der Waals surface area contributed by atoms with E-state index in [2.05, 4.69) is 23.8 Å². The van der Waals surface area contributed by atoms with E-state index in [9.17, 15) is 9.18 Å². The molecule has 1 aliphatic heterocycles. The highest BCUT2D eigenvalue weighted by molar-refractivity contribution is 5.94. The van der Waals surface area contributed by atoms with Gasteiger partial charge in [0.25, 0.3) is 5.91 Å². The number of aromatic nitrogens is 4. The molecule has 144 valence electrons. The van der Waals surface area contributed by atoms with Crippen LogP contribution in [0.4, 0.5) is 4.39 Å². The zero-order chi connectivity index (χ0) is 19.7. The van der Waals surface area contributed by atoms with Crippen LogP contribution in [0, 0.1) is 5.82 Å². The second-order valence-electron chi connectivity index (χ2n) is 7.28. The van der Waals surface area contributed by atoms with Crippen LogP contribution in [-0.4, -0.2) is 36.9 Å². The molecule has 1 aliphatic rings. The van der Waals surface area contributed by atoms with Crippen LogP contribution in [0.15, 0.2) is 49.1 Å². The van der Waals surface area contributed by atoms with Crippen molar-refractivity contribution in [1.82, 2.24) is 24.4 Å². The molecule has 0 saturated carbocycles. The van der Waals surface area contributed by atoms with Crippen LogP contribution in [0.3, 0.4) is 0 Å². The van der Waals surface area contributed by atoms with Crippen molar-refractivity contribution in [2.75, 3.05) is 6.54 Å². The average molecular weight is 379 g/mol. The topological polar surface area (TPSA) is 63.9 Å². The molecule has 1 unspecified atom stereocenters. The van der Waals surface area contributed by atoms with Gasteiger partial charge in [-0.05, 0) is 37.1 Å². The summed E-state index contributed by atoms with van der Waals surface area (Å²) >= 11 is 0. The van der Waals surface area contributed by atoms with Crippen molar-refractivity contribution in [1.29, 1.82) is 0 Å². The summed E-state index contributed by atoms with van der Waals surface area (Å²) in [4.78, 5) is 28.3. The van der Waals surface area contributed by atoms with Gasteiger partial charge < -0.3 is 4.90 Å². The third-order valence-electron chi connectivity index (χ3n) is 5.02. The number of benzene rings is 1. The van der Waals surface area contributed by atoms with Crippen LogP contribution in [0.25, 0.3) is 5.82 Å². The van der Waals surface area contributed by atoms with Crippen LogP contribution in [-0.2, 0) is 0 Å². The Morgan fingerprint density at radius 3 is 2.75 bits per heavy atom. The first kappa shape index (κ1) is 18.3. The lowest BCUT2D eigenvalue weighted by atomic mass is 10.1. The van der Waals surface area contributed by atoms with Gasteiger partial charge in [-0.2, -0.15) is 0 Å². The highest BCUT2D eigenvalue weighted by atomic mass is 19.1. The van der Waals surface area contributed by atoms with Gasteiger partial charge in [0.1, 0.15) is 11.6 Å². The number of carbonyl (C=O) groups is 1. The van der Waals surface area contributed by atoms with Crippen molar-refractivity contribution in [2.45, 2.75) is 38.6 Å². The highest BCUT2D eigenvalue weighted by Crippen LogP contribution is 2.32. The fourth-order valence-corrected chi connectivity index (χ4v) is 3.66. The van der Waals surface area contributed by atoms with Crippen molar-refractivity contribution in [3.8, 4) is 5.82 Å². The lowest BCUT2D eigenvalue weighted by molar-refractivity contribution is 0.0732. The Morgan fingerprint density at radius 2 is 2.00 bits per heavy atom. The summed E-state index contributed by atoms with van der Waals surface area (Å²) in [6.07, 6.45) is 8.77. The summed E-state index contributed by atoms with van der Waals surface area (Å²) in [6.45, 7) is 4.81. The molecule has 0 N–H and O–H groups in total. The number of likely N-dealkylation sites (tertiary alicyclic amines) is 1. The summed E-state index contributed by atoms with van der Waals surface area (Å²) < 4.78 is 15.1. The van der Waals surface area contributed by atoms with Gasteiger partial charge in [-0.25, -0.2) is 14.4 Å². The van der Waals surface area contributed by atoms with Crippen molar-refractivity contribution >= 4 is 5.91 Å². The first-order valence-electron chi connectivity index (χ1n) is 9.46. The molecule has 0 aliphatic carbocycles. The molecule has 3 heterocycles. The van der Waals surface area contributed by atoms with Gasteiger partial charge in [-0.15, -0.1) is 0 Å². The second kappa shape index (κ2) is 7.50. The summed E-state index contributed by atoms with van der Waals surface area (Å²) in [6, 6.07) is 5.53. The SMILES string of the molecule is CC(C)c1nccn1-c1cncc(C2CCCN2C(=O)c2ccc(F)cc2)n1. The minimum Gasteiger partial charge on any atom is -0.330 e. The van der Waals surface area contributed by atoms with Crippen molar-refractivity contribution in [3.05, 3.63) is 72.0 Å². The quantitative estimate of drug-likeness (QED) is 0.690. The smallest absolute Gasteiger partial charge is 0.254 e. The van der Waals surface area contributed by atoms with Crippen molar-refractivity contribution < 1.29 is 9.18 Å². The van der Waals surface area contributed by atoms with E-state index < -0.39 is 0 Å². The van der Waals surface area contributed by atoms with E-state index in [0.717, 1.165) is 24.4 Å². The number of amides is 1. The molecule has 1 atom stereocenters. The molecule has 1 saturated heterocycles. The van der Waals surface area contributed by atoms with Crippen LogP contribution >= 0.6 is 0 Å². The molecule has 2 aromatic heterocycles. The predicted molar refractivity (Wildman–Crippen MR) is 103 cm³/mol. The summed E-state index contributed by atoms with van der Waals surface area (Å²) in [7, 11) is 0. The third kappa shape index (κ3) is 3.40. The molecule has 1 amide bonds. The van der Waals surface area contributed by atoms with Crippen LogP contribution < -0.4 is 0 Å². The van der Waals surface area contributed by atoms with E-state index in [1.807, 2.05) is 10.8 Å². The maximum Gasteiger partial charge on any atom is 0.254 e. The Morgan fingerprint density at radius 1 is 1.21 bits per heavy atom. The molecule has 3 aromatic rings. The number of hydrogen-bond donors (Lipinski definition) is 0. The maximum atomic E-state index is 13.2. The number of imidazole rings is 1. The van der Waals surface area contributed by atoms with Gasteiger partial charge in [0, 0.05) is 30.4 Å². The molecule has 4 rings (SSSR count). The monoisotopic (exact) mass is 379 g/mol. The fraction of sp³-hybridized carbons (Fsp3) is 0.333. The molecule has 1 aromatic carbocycles. The number of nitrogens with zero attached hydrogens (tertiary/aromatic N) is 5. The number of rotatable bonds is 4. The van der Waals surface area contributed by atoms with Crippen molar-refractivity contribution in [2.24, 2.45) is 0 Å². The molecule has 7 heteroatoms. The van der Waals surface area contributed by atoms with Gasteiger partial charge in [0.15, 0.2) is 5.82 Å². The summed E-state index contributed by atoms with van der Waals surface area (Å²) in [5.41, 5.74) is 1.24. The van der Waals surface area contributed by atoms with E-state index in [1.165, 1.54) is 24.3 Å². The largest absolute Gasteiger partial charge is 0.330 e. The standard InChI is InChI=1S/C21H22FN5O/c1-14(2)20-24-9-11-27(20)19-13-23-12-17(25-19)18-4-3-10-26(18)21(28)15-5-7-16(22)8-6-15/h5-9,11-14,18H,3-4,10H2,1-2H3. The second-order valence-corrected chi connectivity index (χ2v) is 7.28. The Balaban J connectivity index is 1.64. The minimum atomic E-state index is -0.352. The van der Waals surface area contributed by atoms with Gasteiger partial charge in [-0.1, -0.05) is 13.8 Å². The van der Waals surface area contributed by atoms with Gasteiger partial charge >= 0.3 is 0 Å². The number of hydrogen-bond acceptors (Lipinski definition) is 4. The Kier molecular flexibility index (Phi) is 4.90. The maximum absolute atomic E-state index is 13.2. The van der Waals surface area contributed by atoms with E-state index >= 15 is 0 Å². The number of carbonyl (C=O) groups excluding carboxylic acids is 1. The minimum absolute atomic E-state index is 0.111.